The molecule has 302 valence electrons. The molecule has 2 saturated heterocycles. The molecule has 5 aliphatic carbocycles. The zero-order chi connectivity index (χ0) is 38.7. The number of hydrogen-bond donors (Lipinski definition) is 7. The Morgan fingerprint density at radius 2 is 1.47 bits per heavy atom. The van der Waals surface area contributed by atoms with Crippen molar-refractivity contribution in [3.8, 4) is 0 Å². The number of fused-ring (bicyclic) bond motifs is 7. The molecule has 2 aliphatic heterocycles. The van der Waals surface area contributed by atoms with Crippen molar-refractivity contribution in [1.29, 1.82) is 0 Å². The average Bonchev–Trinajstić information content (AvgIpc) is 3.09. The molecule has 53 heavy (non-hydrogen) atoms. The van der Waals surface area contributed by atoms with Gasteiger partial charge < -0.3 is 54.7 Å². The smallest absolute Gasteiger partial charge is 0.315 e. The van der Waals surface area contributed by atoms with Crippen LogP contribution in [0.2, 0.25) is 0 Å². The summed E-state index contributed by atoms with van der Waals surface area (Å²) in [6.45, 7) is 15.7. The first-order valence-corrected chi connectivity index (χ1v) is 20.2. The van der Waals surface area contributed by atoms with Gasteiger partial charge in [0.05, 0.1) is 24.7 Å². The molecule has 0 bridgehead atoms. The van der Waals surface area contributed by atoms with Crippen LogP contribution >= 0.6 is 0 Å². The highest BCUT2D eigenvalue weighted by molar-refractivity contribution is 5.79. The monoisotopic (exact) mass is 750 g/mol. The lowest BCUT2D eigenvalue weighted by molar-refractivity contribution is -0.330. The normalized spacial score (nSPS) is 53.2. The average molecular weight is 751 g/mol. The third kappa shape index (κ3) is 5.94. The Hall–Kier alpha value is -1.19. The fraction of sp³-hybridized carbons (Fsp3) is 0.927. The molecule has 6 fully saturated rings. The van der Waals surface area contributed by atoms with Gasteiger partial charge in [-0.25, -0.2) is 0 Å². The number of hydrogen-bond acceptors (Lipinski definition) is 12. The maximum absolute atomic E-state index is 14.4. The van der Waals surface area contributed by atoms with E-state index in [-0.39, 0.29) is 51.7 Å². The van der Waals surface area contributed by atoms with Crippen LogP contribution in [-0.4, -0.2) is 116 Å². The molecular formula is C41H66O12. The van der Waals surface area contributed by atoms with Crippen LogP contribution in [0.1, 0.15) is 113 Å². The number of rotatable bonds is 5. The van der Waals surface area contributed by atoms with Crippen LogP contribution in [0, 0.1) is 50.2 Å². The summed E-state index contributed by atoms with van der Waals surface area (Å²) in [6.07, 6.45) is -1.43. The molecule has 4 saturated carbocycles. The van der Waals surface area contributed by atoms with E-state index >= 15 is 0 Å². The van der Waals surface area contributed by atoms with Gasteiger partial charge in [-0.05, 0) is 109 Å². The second-order valence-corrected chi connectivity index (χ2v) is 20.2. The van der Waals surface area contributed by atoms with E-state index in [0.29, 0.717) is 24.7 Å². The molecule has 2 heterocycles. The highest BCUT2D eigenvalue weighted by atomic mass is 16.7. The standard InChI is InChI=1S/C41H66O12/c1-36(2)14-16-41(35(49)53-33-31(47)28(44)23(43)20-50-33)17-15-39(6)21(22(41)18-36)8-9-26-38(5)12-11-27(37(3,4)25(38)10-13-40(26,39)7)52-34-32(48)30(46)29(45)24(19-42)51-34/h8,22-34,42-48H,9-20H2,1-7H3/t22-,23-,24-,25+,26-,27+,28+,29-,30+,31-,32-,33-,34+,38+,39-,40-,41+/m1/s1. The minimum Gasteiger partial charge on any atom is -0.432 e. The Balaban J connectivity index is 1.16. The van der Waals surface area contributed by atoms with Gasteiger partial charge in [0.25, 0.3) is 0 Å². The van der Waals surface area contributed by atoms with Crippen molar-refractivity contribution in [3.63, 3.8) is 0 Å². The van der Waals surface area contributed by atoms with Gasteiger partial charge in [-0.15, -0.1) is 0 Å². The predicted molar refractivity (Wildman–Crippen MR) is 192 cm³/mol. The molecule has 0 aromatic heterocycles. The highest BCUT2D eigenvalue weighted by Gasteiger charge is 2.70. The summed E-state index contributed by atoms with van der Waals surface area (Å²) in [4.78, 5) is 14.4. The molecule has 7 rings (SSSR count). The van der Waals surface area contributed by atoms with E-state index in [9.17, 15) is 40.5 Å². The first-order chi connectivity index (χ1) is 24.7. The molecule has 0 aromatic rings. The van der Waals surface area contributed by atoms with E-state index in [0.717, 1.165) is 51.4 Å². The SMILES string of the molecule is CC1(C)CC[C@]2(C(=O)O[C@H]3OC[C@@H](O)[C@H](O)[C@H]3O)CC[C@]3(C)C(=CC[C@@H]4[C@@]5(C)CC[C@H](O[C@@H]6O[C@H](CO)[C@@H](O)[C@H](O)[C@H]6O)C(C)(C)[C@@H]5CC[C@]43C)[C@H]2C1. The fourth-order valence-electron chi connectivity index (χ4n) is 13.3. The fourth-order valence-corrected chi connectivity index (χ4v) is 13.3. The van der Waals surface area contributed by atoms with Crippen molar-refractivity contribution in [2.45, 2.75) is 174 Å². The largest absolute Gasteiger partial charge is 0.432 e. The molecule has 7 aliphatic rings. The topological polar surface area (TPSA) is 196 Å². The molecule has 0 amide bonds. The van der Waals surface area contributed by atoms with Crippen molar-refractivity contribution in [1.82, 2.24) is 0 Å². The van der Waals surface area contributed by atoms with Gasteiger partial charge in [0, 0.05) is 0 Å². The van der Waals surface area contributed by atoms with Crippen LogP contribution < -0.4 is 0 Å². The number of aliphatic hydroxyl groups is 7. The number of aliphatic hydroxyl groups excluding tert-OH is 7. The van der Waals surface area contributed by atoms with E-state index in [1.54, 1.807) is 0 Å². The summed E-state index contributed by atoms with van der Waals surface area (Å²) >= 11 is 0. The van der Waals surface area contributed by atoms with Crippen molar-refractivity contribution in [3.05, 3.63) is 11.6 Å². The van der Waals surface area contributed by atoms with E-state index in [2.05, 4.69) is 54.5 Å². The minimum absolute atomic E-state index is 0.0179. The second-order valence-electron chi connectivity index (χ2n) is 20.2. The summed E-state index contributed by atoms with van der Waals surface area (Å²) in [6, 6.07) is 0. The summed E-state index contributed by atoms with van der Waals surface area (Å²) in [5.41, 5.74) is 0.123. The Kier molecular flexibility index (Phi) is 10.2. The minimum atomic E-state index is -1.53. The number of carbonyl (C=O) groups excluding carboxylic acids is 1. The third-order valence-electron chi connectivity index (χ3n) is 16.8. The third-order valence-corrected chi connectivity index (χ3v) is 16.8. The van der Waals surface area contributed by atoms with Crippen molar-refractivity contribution < 1.29 is 59.5 Å². The number of carbonyl (C=O) groups is 1. The molecule has 12 heteroatoms. The van der Waals surface area contributed by atoms with Crippen LogP contribution in [0.3, 0.4) is 0 Å². The lowest BCUT2D eigenvalue weighted by Crippen LogP contribution is -2.66. The van der Waals surface area contributed by atoms with Gasteiger partial charge in [0.1, 0.15) is 42.7 Å². The summed E-state index contributed by atoms with van der Waals surface area (Å²) in [5.74, 6) is 0.272. The first kappa shape index (κ1) is 40.0. The molecular weight excluding hydrogens is 684 g/mol. The van der Waals surface area contributed by atoms with Crippen LogP contribution in [0.15, 0.2) is 11.6 Å². The first-order valence-electron chi connectivity index (χ1n) is 20.2. The number of esters is 1. The van der Waals surface area contributed by atoms with Gasteiger partial charge in [0.15, 0.2) is 6.29 Å². The van der Waals surface area contributed by atoms with E-state index in [4.69, 9.17) is 18.9 Å². The van der Waals surface area contributed by atoms with Gasteiger partial charge in [-0.2, -0.15) is 0 Å². The van der Waals surface area contributed by atoms with Gasteiger partial charge in [0.2, 0.25) is 6.29 Å². The van der Waals surface area contributed by atoms with Crippen LogP contribution in [0.25, 0.3) is 0 Å². The second kappa shape index (κ2) is 13.5. The molecule has 17 atom stereocenters. The number of allylic oxidation sites excluding steroid dienone is 2. The van der Waals surface area contributed by atoms with Crippen molar-refractivity contribution in [2.75, 3.05) is 13.2 Å². The zero-order valence-electron chi connectivity index (χ0n) is 32.7. The van der Waals surface area contributed by atoms with Gasteiger partial charge >= 0.3 is 5.97 Å². The van der Waals surface area contributed by atoms with E-state index in [1.807, 2.05) is 0 Å². The maximum atomic E-state index is 14.4. The Morgan fingerprint density at radius 1 is 0.792 bits per heavy atom. The van der Waals surface area contributed by atoms with Gasteiger partial charge in [-0.3, -0.25) is 4.79 Å². The summed E-state index contributed by atoms with van der Waals surface area (Å²) < 4.78 is 23.8. The van der Waals surface area contributed by atoms with Crippen molar-refractivity contribution in [2.24, 2.45) is 50.2 Å². The summed E-state index contributed by atoms with van der Waals surface area (Å²) in [7, 11) is 0. The zero-order valence-corrected chi connectivity index (χ0v) is 32.7. The highest BCUT2D eigenvalue weighted by Crippen LogP contribution is 2.76. The van der Waals surface area contributed by atoms with Crippen molar-refractivity contribution >= 4 is 5.97 Å². The molecule has 0 radical (unpaired) electrons. The lowest BCUT2D eigenvalue weighted by Gasteiger charge is -2.71. The van der Waals surface area contributed by atoms with Crippen LogP contribution in [0.5, 0.6) is 0 Å². The Bertz CT molecular complexity index is 1430. The van der Waals surface area contributed by atoms with Gasteiger partial charge in [-0.1, -0.05) is 60.1 Å². The molecule has 0 unspecified atom stereocenters. The van der Waals surface area contributed by atoms with Crippen LogP contribution in [-0.2, 0) is 23.7 Å². The maximum Gasteiger partial charge on any atom is 0.315 e. The Labute approximate surface area is 314 Å². The number of ether oxygens (including phenoxy) is 4. The quantitative estimate of drug-likeness (QED) is 0.124. The summed E-state index contributed by atoms with van der Waals surface area (Å²) in [5, 5.41) is 72.3. The van der Waals surface area contributed by atoms with Crippen LogP contribution in [0.4, 0.5) is 0 Å². The van der Waals surface area contributed by atoms with E-state index in [1.165, 1.54) is 5.57 Å². The molecule has 0 spiro atoms. The van der Waals surface area contributed by atoms with E-state index < -0.39 is 67.3 Å². The predicted octanol–water partition coefficient (Wildman–Crippen LogP) is 2.96. The molecule has 12 nitrogen and oxygen atoms in total. The lowest BCUT2D eigenvalue weighted by atomic mass is 9.33. The molecule has 7 N–H and O–H groups in total. The Morgan fingerprint density at radius 3 is 2.17 bits per heavy atom. The molecule has 0 aromatic carbocycles.